The van der Waals surface area contributed by atoms with Crippen LogP contribution in [0, 0.1) is 0 Å². The molecule has 0 spiro atoms. The molecule has 0 saturated carbocycles. The zero-order valence-corrected chi connectivity index (χ0v) is 5.72. The summed E-state index contributed by atoms with van der Waals surface area (Å²) < 4.78 is 0. The maximum atomic E-state index is 3.73. The second kappa shape index (κ2) is 4.78. The van der Waals surface area contributed by atoms with E-state index in [2.05, 4.69) is 23.5 Å². The van der Waals surface area contributed by atoms with E-state index in [1.54, 1.807) is 0 Å². The van der Waals surface area contributed by atoms with Crippen LogP contribution < -0.4 is 0 Å². The molecule has 2 nitrogen and oxygen atoms in total. The Bertz CT molecular complexity index is 61.5. The summed E-state index contributed by atoms with van der Waals surface area (Å²) in [6.07, 6.45) is 1.19. The Kier molecular flexibility index (Phi) is 4.56. The van der Waals surface area contributed by atoms with Crippen LogP contribution in [0.15, 0.2) is 4.99 Å². The van der Waals surface area contributed by atoms with Crippen LogP contribution in [0.25, 0.3) is 0 Å². The van der Waals surface area contributed by atoms with Crippen molar-refractivity contribution >= 4 is 6.72 Å². The van der Waals surface area contributed by atoms with Gasteiger partial charge in [-0.25, -0.2) is 0 Å². The van der Waals surface area contributed by atoms with Gasteiger partial charge in [-0.15, -0.1) is 0 Å². The fourth-order valence-electron chi connectivity index (χ4n) is 0.623. The summed E-state index contributed by atoms with van der Waals surface area (Å²) in [6.45, 7) is 7.41. The predicted octanol–water partition coefficient (Wildman–Crippen LogP) is 0.986. The van der Waals surface area contributed by atoms with Crippen LogP contribution in [0.2, 0.25) is 0 Å². The normalized spacial score (nSPS) is 9.88. The zero-order chi connectivity index (χ0) is 6.41. The third-order valence-electron chi connectivity index (χ3n) is 0.947. The van der Waals surface area contributed by atoms with Crippen LogP contribution in [0.1, 0.15) is 13.3 Å². The SMILES string of the molecule is C=NCN(C)CCC. The van der Waals surface area contributed by atoms with Gasteiger partial charge in [0.05, 0.1) is 6.67 Å². The minimum Gasteiger partial charge on any atom is -0.288 e. The molecular weight excluding hydrogens is 100 g/mol. The first-order chi connectivity index (χ1) is 3.81. The van der Waals surface area contributed by atoms with Gasteiger partial charge in [0.2, 0.25) is 0 Å². The molecule has 0 unspecified atom stereocenters. The first kappa shape index (κ1) is 7.63. The molecule has 0 aromatic carbocycles. The smallest absolute Gasteiger partial charge is 0.0899 e. The summed E-state index contributed by atoms with van der Waals surface area (Å²) in [5, 5.41) is 0. The van der Waals surface area contributed by atoms with E-state index in [1.165, 1.54) is 6.42 Å². The molecule has 0 N–H and O–H groups in total. The van der Waals surface area contributed by atoms with Gasteiger partial charge in [0.1, 0.15) is 0 Å². The lowest BCUT2D eigenvalue weighted by molar-refractivity contribution is 0.347. The quantitative estimate of drug-likeness (QED) is 0.497. The van der Waals surface area contributed by atoms with Gasteiger partial charge < -0.3 is 0 Å². The van der Waals surface area contributed by atoms with Crippen LogP contribution in [-0.2, 0) is 0 Å². The molecule has 0 aliphatic heterocycles. The number of hydrogen-bond acceptors (Lipinski definition) is 2. The monoisotopic (exact) mass is 114 g/mol. The van der Waals surface area contributed by atoms with Gasteiger partial charge in [0, 0.05) is 0 Å². The van der Waals surface area contributed by atoms with E-state index in [-0.39, 0.29) is 0 Å². The lowest BCUT2D eigenvalue weighted by Crippen LogP contribution is -2.18. The molecule has 0 aliphatic carbocycles. The van der Waals surface area contributed by atoms with Crippen molar-refractivity contribution in [2.45, 2.75) is 13.3 Å². The number of rotatable bonds is 4. The van der Waals surface area contributed by atoms with Crippen molar-refractivity contribution in [3.8, 4) is 0 Å². The second-order valence-electron chi connectivity index (χ2n) is 1.94. The van der Waals surface area contributed by atoms with Gasteiger partial charge >= 0.3 is 0 Å². The largest absolute Gasteiger partial charge is 0.288 e. The highest BCUT2D eigenvalue weighted by Crippen LogP contribution is 1.83. The lowest BCUT2D eigenvalue weighted by atomic mass is 10.5. The van der Waals surface area contributed by atoms with E-state index in [1.807, 2.05) is 7.05 Å². The van der Waals surface area contributed by atoms with Gasteiger partial charge in [-0.3, -0.25) is 9.89 Å². The maximum Gasteiger partial charge on any atom is 0.0899 e. The molecule has 8 heavy (non-hydrogen) atoms. The topological polar surface area (TPSA) is 15.6 Å². The van der Waals surface area contributed by atoms with E-state index < -0.39 is 0 Å². The molecule has 0 heterocycles. The standard InChI is InChI=1S/C6H14N2/c1-4-5-8(3)6-7-2/h2,4-6H2,1,3H3. The van der Waals surface area contributed by atoms with Crippen molar-refractivity contribution in [1.29, 1.82) is 0 Å². The van der Waals surface area contributed by atoms with E-state index in [0.717, 1.165) is 13.2 Å². The fraction of sp³-hybridized carbons (Fsp3) is 0.833. The molecule has 0 aromatic rings. The average Bonchev–Trinajstić information content (AvgIpc) is 1.68. The summed E-state index contributed by atoms with van der Waals surface area (Å²) in [4.78, 5) is 5.86. The third-order valence-corrected chi connectivity index (χ3v) is 0.947. The average molecular weight is 114 g/mol. The number of nitrogens with zero attached hydrogens (tertiary/aromatic N) is 2. The van der Waals surface area contributed by atoms with Crippen molar-refractivity contribution in [2.75, 3.05) is 20.3 Å². The van der Waals surface area contributed by atoms with Crippen LogP contribution >= 0.6 is 0 Å². The number of aliphatic imine (C=N–C) groups is 1. The Labute approximate surface area is 51.2 Å². The predicted molar refractivity (Wildman–Crippen MR) is 37.3 cm³/mol. The van der Waals surface area contributed by atoms with Crippen LogP contribution in [-0.4, -0.2) is 31.9 Å². The van der Waals surface area contributed by atoms with Gasteiger partial charge in [0.25, 0.3) is 0 Å². The Morgan fingerprint density at radius 3 is 2.62 bits per heavy atom. The highest BCUT2D eigenvalue weighted by Gasteiger charge is 1.89. The Hall–Kier alpha value is -0.370. The van der Waals surface area contributed by atoms with Gasteiger partial charge in [-0.1, -0.05) is 6.92 Å². The molecule has 2 heteroatoms. The molecule has 0 bridgehead atoms. The fourth-order valence-corrected chi connectivity index (χ4v) is 0.623. The molecule has 0 saturated heterocycles. The molecule has 0 aromatic heterocycles. The maximum absolute atomic E-state index is 3.73. The molecule has 0 fully saturated rings. The molecule has 48 valence electrons. The Morgan fingerprint density at radius 1 is 1.62 bits per heavy atom. The van der Waals surface area contributed by atoms with Crippen LogP contribution in [0.5, 0.6) is 0 Å². The van der Waals surface area contributed by atoms with E-state index in [9.17, 15) is 0 Å². The molecular formula is C6H14N2. The third kappa shape index (κ3) is 3.81. The van der Waals surface area contributed by atoms with Crippen molar-refractivity contribution in [3.63, 3.8) is 0 Å². The minimum absolute atomic E-state index is 0.758. The van der Waals surface area contributed by atoms with E-state index in [0.29, 0.717) is 0 Å². The van der Waals surface area contributed by atoms with Crippen molar-refractivity contribution < 1.29 is 0 Å². The highest BCUT2D eigenvalue weighted by atomic mass is 15.2. The van der Waals surface area contributed by atoms with E-state index >= 15 is 0 Å². The minimum atomic E-state index is 0.758. The summed E-state index contributed by atoms with van der Waals surface area (Å²) in [7, 11) is 2.04. The van der Waals surface area contributed by atoms with Gasteiger partial charge in [-0.05, 0) is 26.7 Å². The van der Waals surface area contributed by atoms with Gasteiger partial charge in [0.15, 0.2) is 0 Å². The van der Waals surface area contributed by atoms with E-state index in [4.69, 9.17) is 0 Å². The summed E-state index contributed by atoms with van der Waals surface area (Å²) in [5.41, 5.74) is 0. The van der Waals surface area contributed by atoms with Crippen molar-refractivity contribution in [2.24, 2.45) is 4.99 Å². The summed E-state index contributed by atoms with van der Waals surface area (Å²) >= 11 is 0. The summed E-state index contributed by atoms with van der Waals surface area (Å²) in [5.74, 6) is 0. The first-order valence-electron chi connectivity index (χ1n) is 2.92. The Morgan fingerprint density at radius 2 is 2.25 bits per heavy atom. The molecule has 0 atom stereocenters. The molecule has 0 aliphatic rings. The molecule has 0 amide bonds. The first-order valence-corrected chi connectivity index (χ1v) is 2.92. The van der Waals surface area contributed by atoms with Gasteiger partial charge in [-0.2, -0.15) is 0 Å². The number of hydrogen-bond donors (Lipinski definition) is 0. The second-order valence-corrected chi connectivity index (χ2v) is 1.94. The zero-order valence-electron chi connectivity index (χ0n) is 5.72. The van der Waals surface area contributed by atoms with Crippen LogP contribution in [0.3, 0.4) is 0 Å². The van der Waals surface area contributed by atoms with Crippen LogP contribution in [0.4, 0.5) is 0 Å². The van der Waals surface area contributed by atoms with Crippen molar-refractivity contribution in [1.82, 2.24) is 4.90 Å². The van der Waals surface area contributed by atoms with Crippen molar-refractivity contribution in [3.05, 3.63) is 0 Å². The lowest BCUT2D eigenvalue weighted by Gasteiger charge is -2.10. The summed E-state index contributed by atoms with van der Waals surface area (Å²) in [6, 6.07) is 0. The molecule has 0 rings (SSSR count). The highest BCUT2D eigenvalue weighted by molar-refractivity contribution is 5.22. The Balaban J connectivity index is 3.03. The molecule has 0 radical (unpaired) electrons.